The Morgan fingerprint density at radius 3 is 2.75 bits per heavy atom. The highest BCUT2D eigenvalue weighted by molar-refractivity contribution is 8.14. The molecule has 2 nitrogen and oxygen atoms in total. The summed E-state index contributed by atoms with van der Waals surface area (Å²) in [5.74, 6) is 0.725. The number of nitrogens with zero attached hydrogens (tertiary/aromatic N) is 1. The van der Waals surface area contributed by atoms with Gasteiger partial charge in [-0.1, -0.05) is 42.1 Å². The Morgan fingerprint density at radius 1 is 1.20 bits per heavy atom. The van der Waals surface area contributed by atoms with Crippen molar-refractivity contribution in [3.8, 4) is 0 Å². The van der Waals surface area contributed by atoms with E-state index in [1.54, 1.807) is 17.8 Å². The average molecular weight is 286 g/mol. The summed E-state index contributed by atoms with van der Waals surface area (Å²) < 4.78 is 13.1. The SMILES string of the molecule is Cc1cc(F)ccc1NC1=NC(c2ccccc2)CS1. The zero-order chi connectivity index (χ0) is 13.9. The van der Waals surface area contributed by atoms with Crippen LogP contribution in [-0.4, -0.2) is 10.9 Å². The van der Waals surface area contributed by atoms with Gasteiger partial charge < -0.3 is 5.32 Å². The van der Waals surface area contributed by atoms with Crippen molar-refractivity contribution in [1.82, 2.24) is 0 Å². The number of amidine groups is 1. The standard InChI is InChI=1S/C16H15FN2S/c1-11-9-13(17)7-8-14(11)18-16-19-15(10-20-16)12-5-3-2-4-6-12/h2-9,15H,10H2,1H3,(H,18,19). The van der Waals surface area contributed by atoms with Crippen LogP contribution in [0.2, 0.25) is 0 Å². The van der Waals surface area contributed by atoms with Gasteiger partial charge in [0.15, 0.2) is 5.17 Å². The molecule has 1 unspecified atom stereocenters. The third-order valence-corrected chi connectivity index (χ3v) is 4.23. The zero-order valence-electron chi connectivity index (χ0n) is 11.1. The smallest absolute Gasteiger partial charge is 0.161 e. The summed E-state index contributed by atoms with van der Waals surface area (Å²) in [7, 11) is 0. The second-order valence-electron chi connectivity index (χ2n) is 4.76. The number of nitrogens with one attached hydrogen (secondary N) is 1. The maximum absolute atomic E-state index is 13.1. The molecule has 0 aromatic heterocycles. The van der Waals surface area contributed by atoms with Crippen molar-refractivity contribution in [3.63, 3.8) is 0 Å². The van der Waals surface area contributed by atoms with E-state index in [1.807, 2.05) is 25.1 Å². The maximum atomic E-state index is 13.1. The lowest BCUT2D eigenvalue weighted by Gasteiger charge is -2.08. The largest absolute Gasteiger partial charge is 0.335 e. The lowest BCUT2D eigenvalue weighted by atomic mass is 10.1. The number of benzene rings is 2. The Labute approximate surface area is 122 Å². The van der Waals surface area contributed by atoms with Crippen LogP contribution in [0, 0.1) is 12.7 Å². The number of aryl methyl sites for hydroxylation is 1. The predicted molar refractivity (Wildman–Crippen MR) is 83.8 cm³/mol. The van der Waals surface area contributed by atoms with Crippen LogP contribution in [0.1, 0.15) is 17.2 Å². The van der Waals surface area contributed by atoms with Gasteiger partial charge in [0.1, 0.15) is 5.82 Å². The van der Waals surface area contributed by atoms with Crippen molar-refractivity contribution in [2.45, 2.75) is 13.0 Å². The highest BCUT2D eigenvalue weighted by Crippen LogP contribution is 2.31. The molecule has 1 heterocycles. The zero-order valence-corrected chi connectivity index (χ0v) is 12.0. The fourth-order valence-electron chi connectivity index (χ4n) is 2.17. The lowest BCUT2D eigenvalue weighted by Crippen LogP contribution is -2.06. The molecule has 102 valence electrons. The van der Waals surface area contributed by atoms with Crippen LogP contribution in [0.5, 0.6) is 0 Å². The van der Waals surface area contributed by atoms with Gasteiger partial charge in [-0.25, -0.2) is 4.39 Å². The maximum Gasteiger partial charge on any atom is 0.161 e. The Bertz CT molecular complexity index is 640. The molecular weight excluding hydrogens is 271 g/mol. The van der Waals surface area contributed by atoms with E-state index in [4.69, 9.17) is 4.99 Å². The van der Waals surface area contributed by atoms with Gasteiger partial charge in [0, 0.05) is 11.4 Å². The van der Waals surface area contributed by atoms with E-state index < -0.39 is 0 Å². The fourth-order valence-corrected chi connectivity index (χ4v) is 3.14. The first-order valence-electron chi connectivity index (χ1n) is 6.51. The van der Waals surface area contributed by atoms with Gasteiger partial charge in [0.2, 0.25) is 0 Å². The molecule has 0 radical (unpaired) electrons. The minimum atomic E-state index is -0.212. The molecule has 0 amide bonds. The molecular formula is C16H15FN2S. The Hall–Kier alpha value is -1.81. The lowest BCUT2D eigenvalue weighted by molar-refractivity contribution is 0.627. The number of hydrogen-bond acceptors (Lipinski definition) is 3. The minimum Gasteiger partial charge on any atom is -0.335 e. The van der Waals surface area contributed by atoms with E-state index in [0.717, 1.165) is 22.2 Å². The second-order valence-corrected chi connectivity index (χ2v) is 5.76. The molecule has 0 saturated carbocycles. The van der Waals surface area contributed by atoms with Gasteiger partial charge in [-0.15, -0.1) is 0 Å². The number of aliphatic imine (C=N–C) groups is 1. The fraction of sp³-hybridized carbons (Fsp3) is 0.188. The van der Waals surface area contributed by atoms with Crippen LogP contribution in [-0.2, 0) is 0 Å². The van der Waals surface area contributed by atoms with Crippen LogP contribution in [0.15, 0.2) is 53.5 Å². The molecule has 2 aromatic rings. The Morgan fingerprint density at radius 2 is 2.00 bits per heavy atom. The van der Waals surface area contributed by atoms with Gasteiger partial charge in [0.25, 0.3) is 0 Å². The van der Waals surface area contributed by atoms with Crippen LogP contribution in [0.4, 0.5) is 10.1 Å². The van der Waals surface area contributed by atoms with Crippen molar-refractivity contribution in [2.24, 2.45) is 4.99 Å². The molecule has 1 atom stereocenters. The number of hydrogen-bond donors (Lipinski definition) is 1. The van der Waals surface area contributed by atoms with E-state index in [9.17, 15) is 4.39 Å². The van der Waals surface area contributed by atoms with Gasteiger partial charge >= 0.3 is 0 Å². The number of thioether (sulfide) groups is 1. The molecule has 0 saturated heterocycles. The summed E-state index contributed by atoms with van der Waals surface area (Å²) in [5, 5.41) is 4.18. The minimum absolute atomic E-state index is 0.199. The predicted octanol–water partition coefficient (Wildman–Crippen LogP) is 4.39. The number of halogens is 1. The molecule has 1 aliphatic rings. The number of rotatable bonds is 2. The second kappa shape index (κ2) is 5.67. The van der Waals surface area contributed by atoms with Crippen LogP contribution < -0.4 is 5.32 Å². The highest BCUT2D eigenvalue weighted by atomic mass is 32.2. The molecule has 2 aromatic carbocycles. The van der Waals surface area contributed by atoms with Crippen molar-refractivity contribution < 1.29 is 4.39 Å². The van der Waals surface area contributed by atoms with E-state index in [0.29, 0.717) is 0 Å². The van der Waals surface area contributed by atoms with Crippen LogP contribution >= 0.6 is 11.8 Å². The average Bonchev–Trinajstić information content (AvgIpc) is 2.92. The first-order valence-corrected chi connectivity index (χ1v) is 7.49. The molecule has 0 spiro atoms. The van der Waals surface area contributed by atoms with E-state index in [-0.39, 0.29) is 11.9 Å². The molecule has 3 rings (SSSR count). The molecule has 20 heavy (non-hydrogen) atoms. The summed E-state index contributed by atoms with van der Waals surface area (Å²) >= 11 is 1.70. The summed E-state index contributed by atoms with van der Waals surface area (Å²) in [5.41, 5.74) is 3.02. The van der Waals surface area contributed by atoms with E-state index in [1.165, 1.54) is 17.7 Å². The topological polar surface area (TPSA) is 24.4 Å². The molecule has 0 aliphatic carbocycles. The first kappa shape index (κ1) is 13.2. The Kier molecular flexibility index (Phi) is 3.74. The highest BCUT2D eigenvalue weighted by Gasteiger charge is 2.20. The summed E-state index contributed by atoms with van der Waals surface area (Å²) in [4.78, 5) is 4.69. The quantitative estimate of drug-likeness (QED) is 0.885. The Balaban J connectivity index is 1.76. The molecule has 0 bridgehead atoms. The summed E-state index contributed by atoms with van der Waals surface area (Å²) in [6, 6.07) is 15.2. The summed E-state index contributed by atoms with van der Waals surface area (Å²) in [6.07, 6.45) is 0. The summed E-state index contributed by atoms with van der Waals surface area (Å²) in [6.45, 7) is 1.89. The molecule has 1 N–H and O–H groups in total. The molecule has 1 aliphatic heterocycles. The molecule has 4 heteroatoms. The number of anilines is 1. The van der Waals surface area contributed by atoms with Crippen molar-refractivity contribution >= 4 is 22.6 Å². The van der Waals surface area contributed by atoms with E-state index in [2.05, 4.69) is 17.4 Å². The first-order chi connectivity index (χ1) is 9.72. The van der Waals surface area contributed by atoms with Crippen molar-refractivity contribution in [1.29, 1.82) is 0 Å². The van der Waals surface area contributed by atoms with Crippen molar-refractivity contribution in [2.75, 3.05) is 11.1 Å². The van der Waals surface area contributed by atoms with Gasteiger partial charge in [-0.3, -0.25) is 4.99 Å². The van der Waals surface area contributed by atoms with Gasteiger partial charge in [0.05, 0.1) is 6.04 Å². The van der Waals surface area contributed by atoms with E-state index >= 15 is 0 Å². The van der Waals surface area contributed by atoms with Crippen LogP contribution in [0.3, 0.4) is 0 Å². The van der Waals surface area contributed by atoms with Crippen LogP contribution in [0.25, 0.3) is 0 Å². The van der Waals surface area contributed by atoms with Gasteiger partial charge in [-0.05, 0) is 36.2 Å². The van der Waals surface area contributed by atoms with Gasteiger partial charge in [-0.2, -0.15) is 0 Å². The third-order valence-electron chi connectivity index (χ3n) is 3.27. The monoisotopic (exact) mass is 286 g/mol. The van der Waals surface area contributed by atoms with Crippen molar-refractivity contribution in [3.05, 3.63) is 65.5 Å². The third kappa shape index (κ3) is 2.85. The molecule has 0 fully saturated rings. The normalized spacial score (nSPS) is 17.9.